The first kappa shape index (κ1) is 17.4. The lowest BCUT2D eigenvalue weighted by atomic mass is 9.93. The monoisotopic (exact) mass is 376 g/mol. The van der Waals surface area contributed by atoms with Crippen molar-refractivity contribution >= 4 is 11.9 Å². The van der Waals surface area contributed by atoms with Crippen LogP contribution in [0.1, 0.15) is 59.2 Å². The molecule has 0 unspecified atom stereocenters. The molecule has 144 valence electrons. The number of fused-ring (bicyclic) bond motifs is 2. The molecule has 5 rings (SSSR count). The van der Waals surface area contributed by atoms with E-state index in [2.05, 4.69) is 9.88 Å². The quantitative estimate of drug-likeness (QED) is 0.723. The molecule has 1 fully saturated rings. The summed E-state index contributed by atoms with van der Waals surface area (Å²) in [7, 11) is 0. The number of carbonyl (C=O) groups is 1. The molecule has 0 bridgehead atoms. The van der Waals surface area contributed by atoms with Gasteiger partial charge in [0.1, 0.15) is 18.2 Å². The van der Waals surface area contributed by atoms with Gasteiger partial charge in [0.25, 0.3) is 0 Å². The van der Waals surface area contributed by atoms with Crippen molar-refractivity contribution in [2.75, 3.05) is 6.73 Å². The number of hydrogen-bond acceptors (Lipinski definition) is 5. The average Bonchev–Trinajstić information content (AvgIpc) is 3.05. The van der Waals surface area contributed by atoms with Crippen LogP contribution in [-0.4, -0.2) is 28.4 Å². The van der Waals surface area contributed by atoms with E-state index >= 15 is 0 Å². The summed E-state index contributed by atoms with van der Waals surface area (Å²) in [5.41, 5.74) is 3.55. The van der Waals surface area contributed by atoms with Crippen LogP contribution in [0.3, 0.4) is 0 Å². The van der Waals surface area contributed by atoms with Crippen LogP contribution < -0.4 is 9.47 Å². The maximum atomic E-state index is 13.0. The van der Waals surface area contributed by atoms with Gasteiger partial charge in [0.15, 0.2) is 5.76 Å². The van der Waals surface area contributed by atoms with Gasteiger partial charge in [-0.05, 0) is 49.6 Å². The van der Waals surface area contributed by atoms with Crippen molar-refractivity contribution in [2.45, 2.75) is 51.6 Å². The summed E-state index contributed by atoms with van der Waals surface area (Å²) in [6.45, 7) is 3.44. The number of rotatable bonds is 2. The third-order valence-electron chi connectivity index (χ3n) is 6.06. The number of ketones is 1. The van der Waals surface area contributed by atoms with Crippen molar-refractivity contribution in [1.82, 2.24) is 9.88 Å². The van der Waals surface area contributed by atoms with E-state index < -0.39 is 0 Å². The molecule has 3 aliphatic rings. The lowest BCUT2D eigenvalue weighted by Crippen LogP contribution is -2.41. The van der Waals surface area contributed by atoms with Crippen LogP contribution in [0.15, 0.2) is 36.4 Å². The summed E-state index contributed by atoms with van der Waals surface area (Å²) in [5, 5.41) is 0. The number of hydrogen-bond donors (Lipinski definition) is 0. The minimum Gasteiger partial charge on any atom is -0.477 e. The van der Waals surface area contributed by atoms with Gasteiger partial charge in [-0.25, -0.2) is 0 Å². The van der Waals surface area contributed by atoms with Crippen LogP contribution >= 0.6 is 0 Å². The Balaban J connectivity index is 1.45. The second kappa shape index (κ2) is 7.06. The van der Waals surface area contributed by atoms with Crippen molar-refractivity contribution in [2.24, 2.45) is 0 Å². The van der Waals surface area contributed by atoms with Crippen molar-refractivity contribution in [3.63, 3.8) is 0 Å². The molecule has 5 heteroatoms. The average molecular weight is 376 g/mol. The van der Waals surface area contributed by atoms with Gasteiger partial charge in [-0.2, -0.15) is 0 Å². The molecule has 28 heavy (non-hydrogen) atoms. The van der Waals surface area contributed by atoms with E-state index in [-0.39, 0.29) is 5.78 Å². The molecular formula is C23H24N2O3. The Bertz CT molecular complexity index is 946. The molecule has 0 saturated heterocycles. The molecule has 1 aliphatic carbocycles. The largest absolute Gasteiger partial charge is 0.477 e. The van der Waals surface area contributed by atoms with Gasteiger partial charge in [-0.3, -0.25) is 14.7 Å². The highest BCUT2D eigenvalue weighted by Gasteiger charge is 2.34. The number of carbonyl (C=O) groups excluding carboxylic acids is 1. The number of Topliss-reactive ketones (excluding diaryl/α,β-unsaturated/α-hetero) is 1. The van der Waals surface area contributed by atoms with Gasteiger partial charge in [0, 0.05) is 36.1 Å². The fourth-order valence-electron chi connectivity index (χ4n) is 4.56. The Morgan fingerprint density at radius 2 is 1.93 bits per heavy atom. The predicted octanol–water partition coefficient (Wildman–Crippen LogP) is 4.49. The summed E-state index contributed by atoms with van der Waals surface area (Å²) >= 11 is 0. The predicted molar refractivity (Wildman–Crippen MR) is 106 cm³/mol. The summed E-state index contributed by atoms with van der Waals surface area (Å²) in [6, 6.07) is 6.28. The number of pyridine rings is 1. The molecule has 3 heterocycles. The van der Waals surface area contributed by atoms with Gasteiger partial charge in [0.2, 0.25) is 5.78 Å². The lowest BCUT2D eigenvalue weighted by molar-refractivity contribution is 0.0397. The standard InChI is InChI=1S/C23H24N2O3/c1-15-22-17(13-25(14-27-22)18-5-3-2-4-6-18)12-19-21(26)20(28-23(15)19)11-16-7-9-24-10-8-16/h7-12,18H,2-6,13-14H2,1H3/b20-11-. The lowest BCUT2D eigenvalue weighted by Gasteiger charge is -2.37. The second-order valence-corrected chi connectivity index (χ2v) is 7.90. The SMILES string of the molecule is Cc1c2c(cc3c1O/C(=C\c1ccncc1)C3=O)CN(C1CCCCC1)CO2. The molecule has 1 aromatic carbocycles. The number of nitrogens with zero attached hydrogens (tertiary/aromatic N) is 2. The van der Waals surface area contributed by atoms with E-state index in [1.807, 2.05) is 25.1 Å². The minimum atomic E-state index is -0.0625. The van der Waals surface area contributed by atoms with E-state index in [4.69, 9.17) is 9.47 Å². The molecule has 1 aromatic heterocycles. The zero-order valence-corrected chi connectivity index (χ0v) is 16.1. The highest BCUT2D eigenvalue weighted by molar-refractivity contribution is 6.15. The van der Waals surface area contributed by atoms with Crippen LogP contribution in [0.25, 0.3) is 6.08 Å². The third kappa shape index (κ3) is 3.00. The topological polar surface area (TPSA) is 51.7 Å². The third-order valence-corrected chi connectivity index (χ3v) is 6.06. The number of allylic oxidation sites excluding steroid dienone is 1. The molecule has 0 atom stereocenters. The van der Waals surface area contributed by atoms with Crippen molar-refractivity contribution in [3.05, 3.63) is 58.6 Å². The summed E-state index contributed by atoms with van der Waals surface area (Å²) < 4.78 is 12.1. The summed E-state index contributed by atoms with van der Waals surface area (Å²) in [5.74, 6) is 1.81. The van der Waals surface area contributed by atoms with Crippen molar-refractivity contribution in [1.29, 1.82) is 0 Å². The smallest absolute Gasteiger partial charge is 0.231 e. The normalized spacial score (nSPS) is 21.2. The Kier molecular flexibility index (Phi) is 4.40. The summed E-state index contributed by atoms with van der Waals surface area (Å²) in [6.07, 6.45) is 11.6. The van der Waals surface area contributed by atoms with Gasteiger partial charge >= 0.3 is 0 Å². The fourth-order valence-corrected chi connectivity index (χ4v) is 4.56. The Labute approximate surface area is 165 Å². The Morgan fingerprint density at radius 3 is 2.71 bits per heavy atom. The molecular weight excluding hydrogens is 352 g/mol. The summed E-state index contributed by atoms with van der Waals surface area (Å²) in [4.78, 5) is 19.4. The Hall–Kier alpha value is -2.66. The molecule has 0 radical (unpaired) electrons. The van der Waals surface area contributed by atoms with Gasteiger partial charge < -0.3 is 9.47 Å². The minimum absolute atomic E-state index is 0.0625. The number of benzene rings is 1. The molecule has 2 aromatic rings. The first-order valence-electron chi connectivity index (χ1n) is 10.1. The molecule has 0 amide bonds. The zero-order chi connectivity index (χ0) is 19.1. The highest BCUT2D eigenvalue weighted by atomic mass is 16.5. The molecule has 1 saturated carbocycles. The molecule has 2 aliphatic heterocycles. The zero-order valence-electron chi connectivity index (χ0n) is 16.1. The fraction of sp³-hybridized carbons (Fsp3) is 0.391. The molecule has 5 nitrogen and oxygen atoms in total. The Morgan fingerprint density at radius 1 is 1.14 bits per heavy atom. The van der Waals surface area contributed by atoms with Gasteiger partial charge in [0.05, 0.1) is 5.56 Å². The van der Waals surface area contributed by atoms with Crippen LogP contribution in [-0.2, 0) is 6.54 Å². The van der Waals surface area contributed by atoms with Crippen LogP contribution in [0, 0.1) is 6.92 Å². The first-order valence-corrected chi connectivity index (χ1v) is 10.1. The molecule has 0 spiro atoms. The van der Waals surface area contributed by atoms with Crippen LogP contribution in [0.4, 0.5) is 0 Å². The van der Waals surface area contributed by atoms with E-state index in [9.17, 15) is 4.79 Å². The number of ether oxygens (including phenoxy) is 2. The van der Waals surface area contributed by atoms with Crippen LogP contribution in [0.5, 0.6) is 11.5 Å². The maximum absolute atomic E-state index is 13.0. The van der Waals surface area contributed by atoms with E-state index in [0.717, 1.165) is 29.0 Å². The first-order chi connectivity index (χ1) is 13.7. The van der Waals surface area contributed by atoms with Gasteiger partial charge in [-0.1, -0.05) is 19.3 Å². The number of aromatic nitrogens is 1. The van der Waals surface area contributed by atoms with Crippen LogP contribution in [0.2, 0.25) is 0 Å². The second-order valence-electron chi connectivity index (χ2n) is 7.90. The van der Waals surface area contributed by atoms with Gasteiger partial charge in [-0.15, -0.1) is 0 Å². The van der Waals surface area contributed by atoms with Crippen molar-refractivity contribution in [3.8, 4) is 11.5 Å². The molecule has 0 N–H and O–H groups in total. The van der Waals surface area contributed by atoms with E-state index in [1.165, 1.54) is 32.1 Å². The highest BCUT2D eigenvalue weighted by Crippen LogP contribution is 2.43. The van der Waals surface area contributed by atoms with Crippen molar-refractivity contribution < 1.29 is 14.3 Å². The maximum Gasteiger partial charge on any atom is 0.231 e. The van der Waals surface area contributed by atoms with E-state index in [1.54, 1.807) is 18.5 Å². The van der Waals surface area contributed by atoms with E-state index in [0.29, 0.717) is 29.8 Å².